The highest BCUT2D eigenvalue weighted by atomic mass is 19.4. The number of halogens is 3. The molecule has 0 radical (unpaired) electrons. The van der Waals surface area contributed by atoms with Crippen LogP contribution in [0.4, 0.5) is 13.2 Å². The summed E-state index contributed by atoms with van der Waals surface area (Å²) in [6, 6.07) is 5.15. The van der Waals surface area contributed by atoms with E-state index in [4.69, 9.17) is 4.74 Å². The normalized spacial score (nSPS) is 22.7. The van der Waals surface area contributed by atoms with Gasteiger partial charge in [-0.15, -0.1) is 0 Å². The topological polar surface area (TPSA) is 26.3 Å². The number of hydrogen-bond acceptors (Lipinski definition) is 2. The van der Waals surface area contributed by atoms with Crippen LogP contribution in [0, 0.1) is 5.92 Å². The van der Waals surface area contributed by atoms with E-state index in [1.807, 2.05) is 0 Å². The molecule has 1 aromatic rings. The zero-order valence-corrected chi connectivity index (χ0v) is 9.83. The number of alkyl halides is 3. The summed E-state index contributed by atoms with van der Waals surface area (Å²) >= 11 is 0. The van der Waals surface area contributed by atoms with Crippen molar-refractivity contribution >= 4 is 5.97 Å². The quantitative estimate of drug-likeness (QED) is 0.777. The number of esters is 1. The maximum Gasteiger partial charge on any atom is 0.416 e. The van der Waals surface area contributed by atoms with Gasteiger partial charge in [0.05, 0.1) is 18.1 Å². The molecule has 1 saturated carbocycles. The molecule has 0 spiro atoms. The molecule has 2 nitrogen and oxygen atoms in total. The monoisotopic (exact) mass is 258 g/mol. The predicted molar refractivity (Wildman–Crippen MR) is 58.9 cm³/mol. The van der Waals surface area contributed by atoms with E-state index < -0.39 is 11.7 Å². The minimum absolute atomic E-state index is 0.133. The SMILES string of the molecule is CCOC(=O)[C@H]1C[C@@H]1c1cccc(C(F)(F)F)c1. The third-order valence-corrected chi connectivity index (χ3v) is 3.02. The van der Waals surface area contributed by atoms with Crippen LogP contribution in [0.25, 0.3) is 0 Å². The Morgan fingerprint density at radius 1 is 1.44 bits per heavy atom. The Labute approximate surface area is 103 Å². The van der Waals surface area contributed by atoms with Gasteiger partial charge in [0.2, 0.25) is 0 Å². The number of benzene rings is 1. The fraction of sp³-hybridized carbons (Fsp3) is 0.462. The highest BCUT2D eigenvalue weighted by molar-refractivity contribution is 5.77. The van der Waals surface area contributed by atoms with E-state index in [0.29, 0.717) is 18.6 Å². The molecular formula is C13H13F3O2. The zero-order valence-electron chi connectivity index (χ0n) is 9.83. The molecule has 0 heterocycles. The fourth-order valence-corrected chi connectivity index (χ4v) is 2.02. The first kappa shape index (κ1) is 12.9. The van der Waals surface area contributed by atoms with Crippen molar-refractivity contribution in [2.75, 3.05) is 6.61 Å². The molecule has 2 rings (SSSR count). The average Bonchev–Trinajstić information content (AvgIpc) is 3.08. The van der Waals surface area contributed by atoms with Gasteiger partial charge in [0.25, 0.3) is 0 Å². The van der Waals surface area contributed by atoms with Crippen LogP contribution in [0.3, 0.4) is 0 Å². The summed E-state index contributed by atoms with van der Waals surface area (Å²) in [6.07, 6.45) is -3.77. The second-order valence-corrected chi connectivity index (χ2v) is 4.32. The Hall–Kier alpha value is -1.52. The van der Waals surface area contributed by atoms with Gasteiger partial charge in [-0.25, -0.2) is 0 Å². The number of rotatable bonds is 3. The molecular weight excluding hydrogens is 245 g/mol. The van der Waals surface area contributed by atoms with Crippen LogP contribution in [0.2, 0.25) is 0 Å². The van der Waals surface area contributed by atoms with E-state index in [1.165, 1.54) is 6.07 Å². The minimum atomic E-state index is -4.34. The molecule has 0 unspecified atom stereocenters. The zero-order chi connectivity index (χ0) is 13.3. The maximum atomic E-state index is 12.5. The van der Waals surface area contributed by atoms with Gasteiger partial charge in [0, 0.05) is 0 Å². The molecule has 0 bridgehead atoms. The molecule has 5 heteroatoms. The number of carbonyl (C=O) groups excluding carboxylic acids is 1. The maximum absolute atomic E-state index is 12.5. The van der Waals surface area contributed by atoms with Crippen molar-refractivity contribution in [3.8, 4) is 0 Å². The van der Waals surface area contributed by atoms with Crippen molar-refractivity contribution in [3.63, 3.8) is 0 Å². The molecule has 0 N–H and O–H groups in total. The molecule has 18 heavy (non-hydrogen) atoms. The van der Waals surface area contributed by atoms with Gasteiger partial charge in [0.15, 0.2) is 0 Å². The van der Waals surface area contributed by atoms with Gasteiger partial charge in [-0.3, -0.25) is 4.79 Å². The summed E-state index contributed by atoms with van der Waals surface area (Å²) in [5.41, 5.74) is -0.114. The number of ether oxygens (including phenoxy) is 1. The van der Waals surface area contributed by atoms with E-state index in [9.17, 15) is 18.0 Å². The van der Waals surface area contributed by atoms with Gasteiger partial charge < -0.3 is 4.74 Å². The standard InChI is InChI=1S/C13H13F3O2/c1-2-18-12(17)11-7-10(11)8-4-3-5-9(6-8)13(14,15)16/h3-6,10-11H,2,7H2,1H3/t10-,11+/m1/s1. The third-order valence-electron chi connectivity index (χ3n) is 3.02. The molecule has 0 amide bonds. The molecule has 0 aromatic heterocycles. The summed E-state index contributed by atoms with van der Waals surface area (Å²) < 4.78 is 42.5. The minimum Gasteiger partial charge on any atom is -0.466 e. The summed E-state index contributed by atoms with van der Waals surface area (Å²) in [7, 11) is 0. The molecule has 1 aliphatic rings. The smallest absolute Gasteiger partial charge is 0.416 e. The Morgan fingerprint density at radius 2 is 2.17 bits per heavy atom. The molecule has 1 aliphatic carbocycles. The lowest BCUT2D eigenvalue weighted by Gasteiger charge is -2.08. The first-order valence-corrected chi connectivity index (χ1v) is 5.77. The van der Waals surface area contributed by atoms with Crippen LogP contribution >= 0.6 is 0 Å². The first-order chi connectivity index (χ1) is 8.43. The Balaban J connectivity index is 2.10. The van der Waals surface area contributed by atoms with E-state index >= 15 is 0 Å². The van der Waals surface area contributed by atoms with Crippen molar-refractivity contribution in [1.82, 2.24) is 0 Å². The lowest BCUT2D eigenvalue weighted by atomic mass is 10.1. The highest BCUT2D eigenvalue weighted by Gasteiger charge is 2.45. The fourth-order valence-electron chi connectivity index (χ4n) is 2.02. The van der Waals surface area contributed by atoms with Crippen molar-refractivity contribution in [2.24, 2.45) is 5.92 Å². The summed E-state index contributed by atoms with van der Waals surface area (Å²) in [5, 5.41) is 0. The number of hydrogen-bond donors (Lipinski definition) is 0. The van der Waals surface area contributed by atoms with Crippen LogP contribution in [0.15, 0.2) is 24.3 Å². The summed E-state index contributed by atoms with van der Waals surface area (Å²) in [6.45, 7) is 2.00. The number of carbonyl (C=O) groups is 1. The highest BCUT2D eigenvalue weighted by Crippen LogP contribution is 2.48. The van der Waals surface area contributed by atoms with Gasteiger partial charge in [-0.2, -0.15) is 13.2 Å². The molecule has 2 atom stereocenters. The van der Waals surface area contributed by atoms with Crippen LogP contribution in [-0.2, 0) is 15.7 Å². The van der Waals surface area contributed by atoms with Crippen LogP contribution in [0.1, 0.15) is 30.4 Å². The first-order valence-electron chi connectivity index (χ1n) is 5.77. The van der Waals surface area contributed by atoms with Crippen LogP contribution < -0.4 is 0 Å². The Kier molecular flexibility index (Phi) is 3.32. The van der Waals surface area contributed by atoms with E-state index in [2.05, 4.69) is 0 Å². The molecule has 0 aliphatic heterocycles. The molecule has 0 saturated heterocycles. The van der Waals surface area contributed by atoms with E-state index in [1.54, 1.807) is 13.0 Å². The third kappa shape index (κ3) is 2.66. The largest absolute Gasteiger partial charge is 0.466 e. The van der Waals surface area contributed by atoms with Crippen molar-refractivity contribution in [1.29, 1.82) is 0 Å². The van der Waals surface area contributed by atoms with Crippen LogP contribution in [0.5, 0.6) is 0 Å². The van der Waals surface area contributed by atoms with Gasteiger partial charge in [0.1, 0.15) is 0 Å². The van der Waals surface area contributed by atoms with Crippen molar-refractivity contribution in [3.05, 3.63) is 35.4 Å². The van der Waals surface area contributed by atoms with Gasteiger partial charge in [-0.05, 0) is 30.9 Å². The van der Waals surface area contributed by atoms with Gasteiger partial charge in [-0.1, -0.05) is 18.2 Å². The van der Waals surface area contributed by atoms with Crippen molar-refractivity contribution in [2.45, 2.75) is 25.4 Å². The van der Waals surface area contributed by atoms with E-state index in [-0.39, 0.29) is 17.8 Å². The van der Waals surface area contributed by atoms with Crippen LogP contribution in [-0.4, -0.2) is 12.6 Å². The summed E-state index contributed by atoms with van der Waals surface area (Å²) in [4.78, 5) is 11.4. The second-order valence-electron chi connectivity index (χ2n) is 4.32. The molecule has 1 fully saturated rings. The Morgan fingerprint density at radius 3 is 2.78 bits per heavy atom. The lowest BCUT2D eigenvalue weighted by molar-refractivity contribution is -0.144. The predicted octanol–water partition coefficient (Wildman–Crippen LogP) is 3.37. The Bertz CT molecular complexity index is 454. The average molecular weight is 258 g/mol. The summed E-state index contributed by atoms with van der Waals surface area (Å²) in [5.74, 6) is -0.736. The van der Waals surface area contributed by atoms with Gasteiger partial charge >= 0.3 is 12.1 Å². The van der Waals surface area contributed by atoms with Crippen molar-refractivity contribution < 1.29 is 22.7 Å². The molecule has 98 valence electrons. The second kappa shape index (κ2) is 4.63. The van der Waals surface area contributed by atoms with E-state index in [0.717, 1.165) is 12.1 Å². The molecule has 1 aromatic carbocycles. The lowest BCUT2D eigenvalue weighted by Crippen LogP contribution is -2.08.